The van der Waals surface area contributed by atoms with Crippen molar-refractivity contribution in [3.8, 4) is 0 Å². The fourth-order valence-corrected chi connectivity index (χ4v) is 4.13. The summed E-state index contributed by atoms with van der Waals surface area (Å²) in [5, 5.41) is 11.5. The number of ketones is 1. The lowest BCUT2D eigenvalue weighted by atomic mass is 9.93. The lowest BCUT2D eigenvalue weighted by Gasteiger charge is -2.27. The molecule has 1 aliphatic heterocycles. The average Bonchev–Trinajstić information content (AvgIpc) is 3.33. The monoisotopic (exact) mass is 433 g/mol. The third kappa shape index (κ3) is 3.94. The average molecular weight is 434 g/mol. The molecule has 0 fully saturated rings. The van der Waals surface area contributed by atoms with E-state index in [1.807, 2.05) is 42.5 Å². The number of nitrogens with zero attached hydrogens (tertiary/aromatic N) is 1. The number of fused-ring (bicyclic) bond motifs is 1. The molecule has 2 aromatic carbocycles. The van der Waals surface area contributed by atoms with Crippen LogP contribution in [0.25, 0.3) is 11.0 Å². The Balaban J connectivity index is 1.76. The number of ether oxygens (including phenoxy) is 1. The number of benzene rings is 2. The second kappa shape index (κ2) is 9.01. The summed E-state index contributed by atoms with van der Waals surface area (Å²) in [5.74, 6) is -1.11. The fourth-order valence-electron chi connectivity index (χ4n) is 4.13. The van der Waals surface area contributed by atoms with Gasteiger partial charge in [0.1, 0.15) is 5.58 Å². The molecule has 1 aromatic heterocycles. The summed E-state index contributed by atoms with van der Waals surface area (Å²) in [6.07, 6.45) is 0.586. The Labute approximate surface area is 187 Å². The van der Waals surface area contributed by atoms with Crippen LogP contribution in [0.2, 0.25) is 0 Å². The molecule has 0 aliphatic carbocycles. The molecule has 6 nitrogen and oxygen atoms in total. The molecule has 1 amide bonds. The third-order valence-corrected chi connectivity index (χ3v) is 5.86. The Hall–Kier alpha value is -3.38. The van der Waals surface area contributed by atoms with Gasteiger partial charge in [-0.25, -0.2) is 0 Å². The SMILES string of the molecule is COCCCN1C(=O)C(O)=C(C(=O)c2cc3ccccc3o2)C1c1ccc(C(C)C)cc1. The largest absolute Gasteiger partial charge is 0.503 e. The smallest absolute Gasteiger partial charge is 0.290 e. The minimum Gasteiger partial charge on any atom is -0.503 e. The van der Waals surface area contributed by atoms with Gasteiger partial charge in [0, 0.05) is 25.6 Å². The molecule has 0 bridgehead atoms. The Morgan fingerprint density at radius 2 is 1.88 bits per heavy atom. The topological polar surface area (TPSA) is 80.0 Å². The molecule has 166 valence electrons. The van der Waals surface area contributed by atoms with Crippen LogP contribution in [-0.2, 0) is 9.53 Å². The van der Waals surface area contributed by atoms with Gasteiger partial charge in [-0.15, -0.1) is 0 Å². The van der Waals surface area contributed by atoms with Crippen molar-refractivity contribution in [1.29, 1.82) is 0 Å². The summed E-state index contributed by atoms with van der Waals surface area (Å²) in [6, 6.07) is 16.1. The number of rotatable bonds is 8. The van der Waals surface area contributed by atoms with Crippen LogP contribution in [0.1, 0.15) is 53.9 Å². The van der Waals surface area contributed by atoms with Crippen molar-refractivity contribution in [2.24, 2.45) is 0 Å². The predicted molar refractivity (Wildman–Crippen MR) is 122 cm³/mol. The molecule has 0 saturated carbocycles. The highest BCUT2D eigenvalue weighted by Crippen LogP contribution is 2.40. The van der Waals surface area contributed by atoms with Crippen LogP contribution in [0.5, 0.6) is 0 Å². The zero-order chi connectivity index (χ0) is 22.8. The fraction of sp³-hybridized carbons (Fsp3) is 0.308. The standard InChI is InChI=1S/C26H27NO5/c1-16(2)17-9-11-18(12-10-17)23-22(25(29)26(30)27(23)13-6-14-31-3)24(28)21-15-19-7-4-5-8-20(19)32-21/h4-5,7-12,15-16,23,29H,6,13-14H2,1-3H3. The first-order chi connectivity index (χ1) is 15.4. The maximum atomic E-state index is 13.5. The number of para-hydroxylation sites is 1. The number of amides is 1. The Morgan fingerprint density at radius 3 is 2.53 bits per heavy atom. The third-order valence-electron chi connectivity index (χ3n) is 5.86. The molecular formula is C26H27NO5. The van der Waals surface area contributed by atoms with E-state index in [9.17, 15) is 14.7 Å². The highest BCUT2D eigenvalue weighted by atomic mass is 16.5. The predicted octanol–water partition coefficient (Wildman–Crippen LogP) is 5.17. The molecule has 0 spiro atoms. The first kappa shape index (κ1) is 21.8. The number of aliphatic hydroxyl groups is 1. The summed E-state index contributed by atoms with van der Waals surface area (Å²) >= 11 is 0. The van der Waals surface area contributed by atoms with Gasteiger partial charge in [0.25, 0.3) is 5.91 Å². The van der Waals surface area contributed by atoms with Crippen molar-refractivity contribution in [3.63, 3.8) is 0 Å². The van der Waals surface area contributed by atoms with E-state index >= 15 is 0 Å². The van der Waals surface area contributed by atoms with Gasteiger partial charge in [-0.05, 0) is 35.6 Å². The summed E-state index contributed by atoms with van der Waals surface area (Å²) in [7, 11) is 1.60. The first-order valence-electron chi connectivity index (χ1n) is 10.8. The molecular weight excluding hydrogens is 406 g/mol. The van der Waals surface area contributed by atoms with E-state index in [0.717, 1.165) is 16.5 Å². The van der Waals surface area contributed by atoms with Gasteiger partial charge in [-0.2, -0.15) is 0 Å². The van der Waals surface area contributed by atoms with Gasteiger partial charge in [0.05, 0.1) is 11.6 Å². The molecule has 0 radical (unpaired) electrons. The number of aliphatic hydroxyl groups excluding tert-OH is 1. The van der Waals surface area contributed by atoms with E-state index in [4.69, 9.17) is 9.15 Å². The number of furan rings is 1. The zero-order valence-corrected chi connectivity index (χ0v) is 18.5. The van der Waals surface area contributed by atoms with Gasteiger partial charge in [0.2, 0.25) is 5.78 Å². The number of Topliss-reactive ketones (excluding diaryl/α,β-unsaturated/α-hetero) is 1. The quantitative estimate of drug-likeness (QED) is 0.392. The molecule has 1 unspecified atom stereocenters. The van der Waals surface area contributed by atoms with Crippen molar-refractivity contribution in [3.05, 3.63) is 82.8 Å². The highest BCUT2D eigenvalue weighted by Gasteiger charge is 2.44. The molecule has 32 heavy (non-hydrogen) atoms. The normalized spacial score (nSPS) is 16.6. The van der Waals surface area contributed by atoms with Crippen LogP contribution >= 0.6 is 0 Å². The van der Waals surface area contributed by atoms with Crippen molar-refractivity contribution < 1.29 is 23.8 Å². The van der Waals surface area contributed by atoms with Crippen LogP contribution in [0.4, 0.5) is 0 Å². The lowest BCUT2D eigenvalue weighted by molar-refractivity contribution is -0.129. The number of hydrogen-bond acceptors (Lipinski definition) is 5. The Morgan fingerprint density at radius 1 is 1.16 bits per heavy atom. The van der Waals surface area contributed by atoms with Crippen LogP contribution < -0.4 is 0 Å². The molecule has 4 rings (SSSR count). The van der Waals surface area contributed by atoms with E-state index < -0.39 is 23.5 Å². The van der Waals surface area contributed by atoms with Gasteiger partial charge < -0.3 is 19.2 Å². The highest BCUT2D eigenvalue weighted by molar-refractivity contribution is 6.16. The minimum absolute atomic E-state index is 0.0452. The number of hydrogen-bond donors (Lipinski definition) is 1. The van der Waals surface area contributed by atoms with E-state index in [-0.39, 0.29) is 11.3 Å². The molecule has 1 N–H and O–H groups in total. The van der Waals surface area contributed by atoms with Crippen molar-refractivity contribution in [1.82, 2.24) is 4.90 Å². The van der Waals surface area contributed by atoms with Crippen molar-refractivity contribution in [2.45, 2.75) is 32.2 Å². The summed E-state index contributed by atoms with van der Waals surface area (Å²) < 4.78 is 10.9. The maximum Gasteiger partial charge on any atom is 0.290 e. The first-order valence-corrected chi connectivity index (χ1v) is 10.8. The van der Waals surface area contributed by atoms with Gasteiger partial charge in [-0.3, -0.25) is 9.59 Å². The van der Waals surface area contributed by atoms with Crippen LogP contribution in [0, 0.1) is 0 Å². The number of carbonyl (C=O) groups is 2. The lowest BCUT2D eigenvalue weighted by Crippen LogP contribution is -2.32. The molecule has 0 saturated heterocycles. The van der Waals surface area contributed by atoms with E-state index in [1.54, 1.807) is 19.2 Å². The zero-order valence-electron chi connectivity index (χ0n) is 18.5. The van der Waals surface area contributed by atoms with Crippen LogP contribution in [0.3, 0.4) is 0 Å². The van der Waals surface area contributed by atoms with Gasteiger partial charge in [0.15, 0.2) is 11.5 Å². The summed E-state index contributed by atoms with van der Waals surface area (Å²) in [4.78, 5) is 28.0. The second-order valence-electron chi connectivity index (χ2n) is 8.31. The Bertz CT molecular complexity index is 1140. The van der Waals surface area contributed by atoms with Gasteiger partial charge in [-0.1, -0.05) is 56.3 Å². The van der Waals surface area contributed by atoms with E-state index in [1.165, 1.54) is 4.90 Å². The summed E-state index contributed by atoms with van der Waals surface area (Å²) in [5.41, 5.74) is 2.55. The molecule has 1 aliphatic rings. The van der Waals surface area contributed by atoms with E-state index in [2.05, 4.69) is 13.8 Å². The second-order valence-corrected chi connectivity index (χ2v) is 8.31. The Kier molecular flexibility index (Phi) is 6.15. The van der Waals surface area contributed by atoms with Crippen LogP contribution in [0.15, 0.2) is 70.3 Å². The maximum absolute atomic E-state index is 13.5. The molecule has 3 aromatic rings. The summed E-state index contributed by atoms with van der Waals surface area (Å²) in [6.45, 7) is 5.03. The number of carbonyl (C=O) groups excluding carboxylic acids is 2. The molecule has 2 heterocycles. The molecule has 6 heteroatoms. The minimum atomic E-state index is -0.693. The molecule has 1 atom stereocenters. The van der Waals surface area contributed by atoms with E-state index in [0.29, 0.717) is 31.1 Å². The van der Waals surface area contributed by atoms with Gasteiger partial charge >= 0.3 is 0 Å². The van der Waals surface area contributed by atoms with Crippen molar-refractivity contribution >= 4 is 22.7 Å². The number of methoxy groups -OCH3 is 1. The van der Waals surface area contributed by atoms with Crippen molar-refractivity contribution in [2.75, 3.05) is 20.3 Å². The van der Waals surface area contributed by atoms with Crippen LogP contribution in [-0.4, -0.2) is 42.0 Å².